The highest BCUT2D eigenvalue weighted by atomic mass is 32.2. The molecule has 4 nitrogen and oxygen atoms in total. The molecule has 0 unspecified atom stereocenters. The topological polar surface area (TPSA) is 71.4 Å². The van der Waals surface area contributed by atoms with Crippen LogP contribution in [0.15, 0.2) is 65.6 Å². The summed E-state index contributed by atoms with van der Waals surface area (Å²) in [6.07, 6.45) is 1.96. The highest BCUT2D eigenvalue weighted by Gasteiger charge is 2.12. The van der Waals surface area contributed by atoms with Crippen molar-refractivity contribution >= 4 is 21.4 Å². The molecule has 0 radical (unpaired) electrons. The highest BCUT2D eigenvalue weighted by Crippen LogP contribution is 2.18. The van der Waals surface area contributed by atoms with Gasteiger partial charge < -0.3 is 5.11 Å². The maximum Gasteiger partial charge on any atom is 0.335 e. The number of hydrogen-bond acceptors (Lipinski definition) is 3. The van der Waals surface area contributed by atoms with Gasteiger partial charge in [0, 0.05) is 0 Å². The van der Waals surface area contributed by atoms with Gasteiger partial charge in [0.15, 0.2) is 9.84 Å². The lowest BCUT2D eigenvalue weighted by Crippen LogP contribution is -2.04. The molecular weight excluding hydrogens is 312 g/mol. The van der Waals surface area contributed by atoms with E-state index in [9.17, 15) is 18.3 Å². The summed E-state index contributed by atoms with van der Waals surface area (Å²) in [7, 11) is -3.26. The van der Waals surface area contributed by atoms with Crippen LogP contribution in [0.1, 0.15) is 18.1 Å². The largest absolute Gasteiger partial charge is 0.478 e. The summed E-state index contributed by atoms with van der Waals surface area (Å²) in [5.41, 5.74) is 1.58. The van der Waals surface area contributed by atoms with E-state index in [2.05, 4.69) is 0 Å². The molecule has 23 heavy (non-hydrogen) atoms. The molecule has 2 aromatic carbocycles. The van der Waals surface area contributed by atoms with E-state index in [1.807, 2.05) is 6.07 Å². The number of benzene rings is 2. The van der Waals surface area contributed by atoms with Crippen molar-refractivity contribution in [2.75, 3.05) is 5.75 Å². The summed E-state index contributed by atoms with van der Waals surface area (Å²) in [5.74, 6) is -0.968. The first-order chi connectivity index (χ1) is 10.9. The maximum absolute atomic E-state index is 11.9. The van der Waals surface area contributed by atoms with Crippen molar-refractivity contribution < 1.29 is 18.3 Å². The molecule has 0 amide bonds. The number of allylic oxidation sites excluding steroid dienone is 1. The van der Waals surface area contributed by atoms with Crippen molar-refractivity contribution in [2.24, 2.45) is 0 Å². The van der Waals surface area contributed by atoms with Gasteiger partial charge in [0.1, 0.15) is 0 Å². The predicted octanol–water partition coefficient (Wildman–Crippen LogP) is 3.19. The van der Waals surface area contributed by atoms with E-state index in [0.29, 0.717) is 12.0 Å². The molecule has 0 atom stereocenters. The smallest absolute Gasteiger partial charge is 0.335 e. The second-order valence-electron chi connectivity index (χ2n) is 5.04. The fourth-order valence-electron chi connectivity index (χ4n) is 2.20. The Balaban J connectivity index is 2.31. The van der Waals surface area contributed by atoms with Gasteiger partial charge in [-0.15, -0.1) is 0 Å². The van der Waals surface area contributed by atoms with Crippen LogP contribution in [-0.2, 0) is 21.1 Å². The van der Waals surface area contributed by atoms with Crippen LogP contribution >= 0.6 is 0 Å². The van der Waals surface area contributed by atoms with Crippen molar-refractivity contribution in [1.82, 2.24) is 0 Å². The molecule has 0 aliphatic carbocycles. The maximum atomic E-state index is 11.9. The van der Waals surface area contributed by atoms with Gasteiger partial charge in [0.25, 0.3) is 0 Å². The normalized spacial score (nSPS) is 12.1. The fraction of sp³-hybridized carbons (Fsp3) is 0.167. The van der Waals surface area contributed by atoms with Crippen molar-refractivity contribution in [3.05, 3.63) is 71.8 Å². The molecule has 5 heteroatoms. The van der Waals surface area contributed by atoms with Gasteiger partial charge in [-0.2, -0.15) is 0 Å². The van der Waals surface area contributed by atoms with Gasteiger partial charge in [-0.25, -0.2) is 13.2 Å². The van der Waals surface area contributed by atoms with Gasteiger partial charge >= 0.3 is 5.97 Å². The van der Waals surface area contributed by atoms with Crippen LogP contribution in [0.2, 0.25) is 0 Å². The monoisotopic (exact) mass is 330 g/mol. The van der Waals surface area contributed by atoms with E-state index in [4.69, 9.17) is 0 Å². The third-order valence-corrected chi connectivity index (χ3v) is 5.23. The summed E-state index contributed by atoms with van der Waals surface area (Å²) in [6.45, 7) is 1.60. The lowest BCUT2D eigenvalue weighted by atomic mass is 10.0. The van der Waals surface area contributed by atoms with Gasteiger partial charge in [0.2, 0.25) is 0 Å². The van der Waals surface area contributed by atoms with E-state index < -0.39 is 15.8 Å². The van der Waals surface area contributed by atoms with Crippen LogP contribution in [0.5, 0.6) is 0 Å². The molecule has 0 spiro atoms. The predicted molar refractivity (Wildman–Crippen MR) is 89.9 cm³/mol. The molecule has 120 valence electrons. The minimum atomic E-state index is -3.26. The second kappa shape index (κ2) is 7.24. The number of carboxylic acids is 1. The molecule has 0 bridgehead atoms. The summed E-state index contributed by atoms with van der Waals surface area (Å²) in [4.78, 5) is 11.7. The van der Waals surface area contributed by atoms with Crippen molar-refractivity contribution in [3.63, 3.8) is 0 Å². The van der Waals surface area contributed by atoms with Crippen molar-refractivity contribution in [2.45, 2.75) is 18.2 Å². The summed E-state index contributed by atoms with van der Waals surface area (Å²) in [5, 5.41) is 9.36. The Labute approximate surface area is 136 Å². The summed E-state index contributed by atoms with van der Waals surface area (Å²) in [6, 6.07) is 15.5. The molecule has 2 aromatic rings. The highest BCUT2D eigenvalue weighted by molar-refractivity contribution is 7.91. The number of aliphatic carboxylic acids is 1. The first kappa shape index (κ1) is 17.0. The van der Waals surface area contributed by atoms with Crippen LogP contribution in [-0.4, -0.2) is 25.2 Å². The van der Waals surface area contributed by atoms with Crippen molar-refractivity contribution in [3.8, 4) is 0 Å². The van der Waals surface area contributed by atoms with E-state index in [1.54, 1.807) is 61.5 Å². The number of carbonyl (C=O) groups is 1. The Bertz CT molecular complexity index is 821. The Kier molecular flexibility index (Phi) is 5.34. The molecular formula is C18H18O4S. The third kappa shape index (κ3) is 4.29. The fourth-order valence-corrected chi connectivity index (χ4v) is 3.15. The standard InChI is InChI=1S/C18H18O4S/c1-2-23(21,22)16-10-6-7-14(13-16)11-12-17(18(19)20)15-8-4-3-5-9-15/h3-10,12-13H,2,11H2,1H3,(H,19,20)/b17-12+. The average molecular weight is 330 g/mol. The molecule has 0 aromatic heterocycles. The van der Waals surface area contributed by atoms with Crippen LogP contribution in [0.3, 0.4) is 0 Å². The summed E-state index contributed by atoms with van der Waals surface area (Å²) >= 11 is 0. The van der Waals surface area contributed by atoms with Gasteiger partial charge in [-0.05, 0) is 29.7 Å². The van der Waals surface area contributed by atoms with E-state index in [0.717, 1.165) is 5.56 Å². The Morgan fingerprint density at radius 2 is 1.78 bits per heavy atom. The minimum Gasteiger partial charge on any atom is -0.478 e. The van der Waals surface area contributed by atoms with Gasteiger partial charge in [-0.1, -0.05) is 55.5 Å². The Morgan fingerprint density at radius 3 is 2.39 bits per heavy atom. The zero-order chi connectivity index (χ0) is 16.9. The van der Waals surface area contributed by atoms with E-state index in [1.165, 1.54) is 0 Å². The quantitative estimate of drug-likeness (QED) is 0.826. The first-order valence-electron chi connectivity index (χ1n) is 7.24. The zero-order valence-corrected chi connectivity index (χ0v) is 13.6. The second-order valence-corrected chi connectivity index (χ2v) is 7.32. The zero-order valence-electron chi connectivity index (χ0n) is 12.8. The first-order valence-corrected chi connectivity index (χ1v) is 8.90. The molecule has 0 saturated carbocycles. The molecule has 2 rings (SSSR count). The molecule has 0 heterocycles. The summed E-state index contributed by atoms with van der Waals surface area (Å²) < 4.78 is 23.8. The van der Waals surface area contributed by atoms with Gasteiger partial charge in [0.05, 0.1) is 16.2 Å². The third-order valence-electron chi connectivity index (χ3n) is 3.49. The Hall–Kier alpha value is -2.40. The SMILES string of the molecule is CCS(=O)(=O)c1cccc(C/C=C(/C(=O)O)c2ccccc2)c1. The lowest BCUT2D eigenvalue weighted by molar-refractivity contribution is -0.130. The Morgan fingerprint density at radius 1 is 1.09 bits per heavy atom. The molecule has 0 saturated heterocycles. The molecule has 1 N–H and O–H groups in total. The molecule has 0 aliphatic rings. The van der Waals surface area contributed by atoms with E-state index in [-0.39, 0.29) is 16.2 Å². The van der Waals surface area contributed by atoms with Gasteiger partial charge in [-0.3, -0.25) is 0 Å². The lowest BCUT2D eigenvalue weighted by Gasteiger charge is -2.05. The minimum absolute atomic E-state index is 0.0384. The van der Waals surface area contributed by atoms with Crippen molar-refractivity contribution in [1.29, 1.82) is 0 Å². The number of hydrogen-bond donors (Lipinski definition) is 1. The number of sulfone groups is 1. The number of carboxylic acid groups (broad SMARTS) is 1. The van der Waals surface area contributed by atoms with Crippen LogP contribution in [0, 0.1) is 0 Å². The average Bonchev–Trinajstić information content (AvgIpc) is 2.56. The van der Waals surface area contributed by atoms with Crippen LogP contribution in [0.25, 0.3) is 5.57 Å². The number of rotatable bonds is 6. The molecule has 0 aliphatic heterocycles. The van der Waals surface area contributed by atoms with E-state index >= 15 is 0 Å². The molecule has 0 fully saturated rings. The van der Waals surface area contributed by atoms with Crippen LogP contribution in [0.4, 0.5) is 0 Å². The van der Waals surface area contributed by atoms with Crippen LogP contribution < -0.4 is 0 Å².